The third-order valence-corrected chi connectivity index (χ3v) is 6.44. The van der Waals surface area contributed by atoms with Crippen LogP contribution in [-0.4, -0.2) is 83.0 Å². The van der Waals surface area contributed by atoms with E-state index in [0.29, 0.717) is 18.8 Å². The Morgan fingerprint density at radius 2 is 1.89 bits per heavy atom. The third kappa shape index (κ3) is 5.43. The van der Waals surface area contributed by atoms with Crippen molar-refractivity contribution >= 4 is 28.9 Å². The number of piperidine rings is 1. The number of hydrogen-bond donors (Lipinski definition) is 4. The van der Waals surface area contributed by atoms with E-state index in [4.69, 9.17) is 10.5 Å². The number of anilines is 1. The van der Waals surface area contributed by atoms with Gasteiger partial charge in [-0.2, -0.15) is 0 Å². The fourth-order valence-electron chi connectivity index (χ4n) is 4.50. The van der Waals surface area contributed by atoms with Crippen LogP contribution in [0.4, 0.5) is 5.82 Å². The van der Waals surface area contributed by atoms with Gasteiger partial charge in [-0.3, -0.25) is 9.36 Å². The van der Waals surface area contributed by atoms with Gasteiger partial charge in [-0.05, 0) is 30.1 Å². The maximum Gasteiger partial charge on any atom is 0.335 e. The minimum absolute atomic E-state index is 0.0303. The van der Waals surface area contributed by atoms with E-state index < -0.39 is 30.5 Å². The van der Waals surface area contributed by atoms with Crippen LogP contribution in [0.2, 0.25) is 0 Å². The number of ether oxygens (including phenoxy) is 1. The normalized spacial score (nSPS) is 25.1. The number of aliphatic carboxylic acids is 1. The first-order valence-corrected chi connectivity index (χ1v) is 12.0. The largest absolute Gasteiger partial charge is 0.479 e. The zero-order valence-corrected chi connectivity index (χ0v) is 20.6. The Kier molecular flexibility index (Phi) is 7.17. The fourth-order valence-corrected chi connectivity index (χ4v) is 4.50. The summed E-state index contributed by atoms with van der Waals surface area (Å²) in [5.74, 6) is 5.43. The maximum absolute atomic E-state index is 12.4. The lowest BCUT2D eigenvalue weighted by Gasteiger charge is -2.33. The van der Waals surface area contributed by atoms with Gasteiger partial charge in [0.05, 0.1) is 6.33 Å². The highest BCUT2D eigenvalue weighted by Crippen LogP contribution is 2.32. The summed E-state index contributed by atoms with van der Waals surface area (Å²) < 4.78 is 6.67. The zero-order chi connectivity index (χ0) is 26.2. The Morgan fingerprint density at radius 3 is 2.50 bits per heavy atom. The Labute approximate surface area is 208 Å². The van der Waals surface area contributed by atoms with Crippen molar-refractivity contribution in [3.05, 3.63) is 12.2 Å². The number of hydrogen-bond acceptors (Lipinski definition) is 9. The van der Waals surface area contributed by atoms with Gasteiger partial charge in [0.2, 0.25) is 11.7 Å². The van der Waals surface area contributed by atoms with Gasteiger partial charge in [-0.25, -0.2) is 19.7 Å². The molecule has 12 heteroatoms. The zero-order valence-electron chi connectivity index (χ0n) is 20.6. The molecule has 12 nitrogen and oxygen atoms in total. The second-order valence-electron chi connectivity index (χ2n) is 10.6. The number of carboxylic acid groups (broad SMARTS) is 1. The number of imidazole rings is 1. The van der Waals surface area contributed by atoms with E-state index in [1.165, 1.54) is 10.9 Å². The first-order valence-electron chi connectivity index (χ1n) is 12.0. The quantitative estimate of drug-likeness (QED) is 0.433. The molecule has 0 saturated carbocycles. The van der Waals surface area contributed by atoms with Crippen LogP contribution in [0.5, 0.6) is 0 Å². The number of amides is 1. The first-order chi connectivity index (χ1) is 16.9. The molecule has 2 fully saturated rings. The Balaban J connectivity index is 1.43. The molecule has 2 aliphatic rings. The summed E-state index contributed by atoms with van der Waals surface area (Å²) in [5.41, 5.74) is 6.45. The topological polar surface area (TPSA) is 177 Å². The van der Waals surface area contributed by atoms with Crippen LogP contribution < -0.4 is 5.73 Å². The number of fused-ring (bicyclic) bond motifs is 1. The number of nitrogen functional groups attached to an aromatic ring is 1. The molecule has 2 aromatic heterocycles. The number of nitrogens with zero attached hydrogens (tertiary/aromatic N) is 5. The molecule has 0 aromatic carbocycles. The molecule has 4 heterocycles. The van der Waals surface area contributed by atoms with Crippen molar-refractivity contribution in [1.29, 1.82) is 0 Å². The van der Waals surface area contributed by atoms with Crippen LogP contribution in [0, 0.1) is 23.2 Å². The predicted octanol–water partition coefficient (Wildman–Crippen LogP) is 0.529. The number of carboxylic acids is 1. The fraction of sp³-hybridized carbons (Fsp3) is 0.625. The molecule has 0 radical (unpaired) electrons. The summed E-state index contributed by atoms with van der Waals surface area (Å²) in [6.45, 7) is 7.63. The van der Waals surface area contributed by atoms with Gasteiger partial charge >= 0.3 is 5.97 Å². The number of aliphatic hydroxyl groups is 2. The van der Waals surface area contributed by atoms with E-state index in [0.717, 1.165) is 25.9 Å². The second-order valence-corrected chi connectivity index (χ2v) is 10.6. The van der Waals surface area contributed by atoms with Crippen molar-refractivity contribution in [2.24, 2.45) is 11.3 Å². The monoisotopic (exact) mass is 500 g/mol. The van der Waals surface area contributed by atoms with Crippen LogP contribution in [0.15, 0.2) is 6.33 Å². The number of carbonyl (C=O) groups excluding carboxylic acids is 1. The molecular weight excluding hydrogens is 468 g/mol. The van der Waals surface area contributed by atoms with Crippen molar-refractivity contribution in [3.8, 4) is 11.8 Å². The number of nitrogens with two attached hydrogens (primary N) is 1. The number of rotatable bonds is 4. The second kappa shape index (κ2) is 10.0. The molecule has 2 aromatic rings. The van der Waals surface area contributed by atoms with Crippen LogP contribution >= 0.6 is 0 Å². The van der Waals surface area contributed by atoms with Crippen molar-refractivity contribution < 1.29 is 29.6 Å². The van der Waals surface area contributed by atoms with Gasteiger partial charge < -0.3 is 30.7 Å². The van der Waals surface area contributed by atoms with E-state index in [1.807, 2.05) is 4.90 Å². The molecule has 0 aliphatic carbocycles. The molecule has 4 unspecified atom stereocenters. The summed E-state index contributed by atoms with van der Waals surface area (Å²) in [5, 5.41) is 29.6. The van der Waals surface area contributed by atoms with Gasteiger partial charge in [-0.1, -0.05) is 26.7 Å². The molecule has 1 amide bonds. The molecular formula is C24H32N6O6. The van der Waals surface area contributed by atoms with Crippen LogP contribution in [0.3, 0.4) is 0 Å². The van der Waals surface area contributed by atoms with Crippen LogP contribution in [0.25, 0.3) is 11.2 Å². The van der Waals surface area contributed by atoms with E-state index in [-0.39, 0.29) is 34.1 Å². The Hall–Kier alpha value is -3.27. The SMILES string of the molecule is CC(C)(C)CC(=O)N1CCC(CC#Cc2nc(N)c3ncn(C4OC(C(=O)O)C(O)C4O)c3n2)CC1. The van der Waals surface area contributed by atoms with Gasteiger partial charge in [0, 0.05) is 25.9 Å². The number of carbonyl (C=O) groups is 2. The van der Waals surface area contributed by atoms with E-state index in [1.54, 1.807) is 0 Å². The van der Waals surface area contributed by atoms with E-state index in [9.17, 15) is 24.9 Å². The lowest BCUT2D eigenvalue weighted by atomic mass is 9.89. The molecule has 4 rings (SSSR count). The van der Waals surface area contributed by atoms with E-state index in [2.05, 4.69) is 47.6 Å². The first kappa shape index (κ1) is 25.8. The minimum Gasteiger partial charge on any atom is -0.479 e. The maximum atomic E-state index is 12.4. The Morgan fingerprint density at radius 1 is 1.19 bits per heavy atom. The van der Waals surface area contributed by atoms with Gasteiger partial charge in [-0.15, -0.1) is 0 Å². The average Bonchev–Trinajstić information content (AvgIpc) is 3.34. The predicted molar refractivity (Wildman–Crippen MR) is 128 cm³/mol. The molecule has 5 N–H and O–H groups in total. The molecule has 2 aliphatic heterocycles. The average molecular weight is 501 g/mol. The van der Waals surface area contributed by atoms with Crippen molar-refractivity contribution in [2.45, 2.75) is 71.0 Å². The van der Waals surface area contributed by atoms with Crippen molar-refractivity contribution in [3.63, 3.8) is 0 Å². The molecule has 2 saturated heterocycles. The van der Waals surface area contributed by atoms with Crippen LogP contribution in [0.1, 0.15) is 58.5 Å². The molecule has 36 heavy (non-hydrogen) atoms. The minimum atomic E-state index is -1.61. The smallest absolute Gasteiger partial charge is 0.335 e. The number of aliphatic hydroxyl groups excluding tert-OH is 2. The van der Waals surface area contributed by atoms with Crippen LogP contribution in [-0.2, 0) is 14.3 Å². The van der Waals surface area contributed by atoms with E-state index >= 15 is 0 Å². The highest BCUT2D eigenvalue weighted by atomic mass is 16.6. The molecule has 4 atom stereocenters. The lowest BCUT2D eigenvalue weighted by Crippen LogP contribution is -2.39. The summed E-state index contributed by atoms with van der Waals surface area (Å²) in [6.07, 6.45) is -1.70. The van der Waals surface area contributed by atoms with Gasteiger partial charge in [0.1, 0.15) is 17.7 Å². The van der Waals surface area contributed by atoms with Crippen molar-refractivity contribution in [1.82, 2.24) is 24.4 Å². The summed E-state index contributed by atoms with van der Waals surface area (Å²) in [4.78, 5) is 38.4. The molecule has 194 valence electrons. The standard InChI is InChI=1S/C24H32N6O6/c1-24(2,3)11-15(31)29-9-7-13(8-10-29)5-4-6-14-27-20(25)16-21(28-14)30(12-26-16)22-18(33)17(32)19(36-22)23(34)35/h12-13,17-19,22,32-33H,5,7-11H2,1-3H3,(H,34,35)(H2,25,27,28). The number of aromatic nitrogens is 4. The summed E-state index contributed by atoms with van der Waals surface area (Å²) in [6, 6.07) is 0. The summed E-state index contributed by atoms with van der Waals surface area (Å²) >= 11 is 0. The molecule has 0 spiro atoms. The highest BCUT2D eigenvalue weighted by molar-refractivity contribution is 5.82. The Bertz CT molecular complexity index is 1200. The highest BCUT2D eigenvalue weighted by Gasteiger charge is 2.48. The number of likely N-dealkylation sites (tertiary alicyclic amines) is 1. The van der Waals surface area contributed by atoms with Crippen molar-refractivity contribution in [2.75, 3.05) is 18.8 Å². The third-order valence-electron chi connectivity index (χ3n) is 6.44. The lowest BCUT2D eigenvalue weighted by molar-refractivity contribution is -0.155. The van der Waals surface area contributed by atoms with Gasteiger partial charge in [0.15, 0.2) is 23.8 Å². The van der Waals surface area contributed by atoms with Gasteiger partial charge in [0.25, 0.3) is 0 Å². The summed E-state index contributed by atoms with van der Waals surface area (Å²) in [7, 11) is 0. The molecule has 0 bridgehead atoms.